The Morgan fingerprint density at radius 1 is 1.46 bits per heavy atom. The van der Waals surface area contributed by atoms with Crippen LogP contribution in [0.3, 0.4) is 0 Å². The second-order valence-corrected chi connectivity index (χ2v) is 3.93. The molecule has 5 heteroatoms. The average molecular weight is 207 g/mol. The van der Waals surface area contributed by atoms with Crippen LogP contribution in [0.15, 0.2) is 16.3 Å². The molecule has 64 valence electrons. The molecule has 0 atom stereocenters. The summed E-state index contributed by atoms with van der Waals surface area (Å²) in [6.07, 6.45) is 0.376. The van der Waals surface area contributed by atoms with E-state index in [0.29, 0.717) is 6.42 Å². The van der Waals surface area contributed by atoms with Gasteiger partial charge in [-0.1, -0.05) is 0 Å². The van der Waals surface area contributed by atoms with Crippen molar-refractivity contribution in [1.82, 2.24) is 9.97 Å². The van der Waals surface area contributed by atoms with Crippen molar-refractivity contribution in [3.05, 3.63) is 22.0 Å². The van der Waals surface area contributed by atoms with E-state index in [1.165, 1.54) is 11.3 Å². The van der Waals surface area contributed by atoms with Gasteiger partial charge < -0.3 is 0 Å². The van der Waals surface area contributed by atoms with Gasteiger partial charge in [0.15, 0.2) is 0 Å². The second kappa shape index (κ2) is 3.64. The molecule has 2 rings (SSSR count). The van der Waals surface area contributed by atoms with E-state index in [1.54, 1.807) is 16.8 Å². The number of hydrogen-bond acceptors (Lipinski definition) is 5. The van der Waals surface area contributed by atoms with Crippen LogP contribution in [0.2, 0.25) is 0 Å². The Morgan fingerprint density at radius 2 is 2.38 bits per heavy atom. The first-order valence-corrected chi connectivity index (χ1v) is 5.42. The van der Waals surface area contributed by atoms with Gasteiger partial charge in [0.2, 0.25) is 0 Å². The van der Waals surface area contributed by atoms with Crippen molar-refractivity contribution in [2.45, 2.75) is 6.42 Å². The molecule has 0 aliphatic rings. The van der Waals surface area contributed by atoms with Crippen molar-refractivity contribution in [2.75, 3.05) is 0 Å². The quantitative estimate of drug-likeness (QED) is 0.759. The predicted octanol–water partition coefficient (Wildman–Crippen LogP) is 2.33. The molecule has 2 heterocycles. The van der Waals surface area contributed by atoms with E-state index in [4.69, 9.17) is 5.26 Å². The van der Waals surface area contributed by atoms with Gasteiger partial charge in [-0.05, 0) is 0 Å². The minimum atomic E-state index is 0.376. The third-order valence-corrected chi connectivity index (χ3v) is 2.96. The minimum absolute atomic E-state index is 0.376. The van der Waals surface area contributed by atoms with E-state index in [9.17, 15) is 0 Å². The third kappa shape index (κ3) is 1.74. The molecule has 0 saturated heterocycles. The summed E-state index contributed by atoms with van der Waals surface area (Å²) >= 11 is 3.08. The highest BCUT2D eigenvalue weighted by atomic mass is 32.1. The Kier molecular flexibility index (Phi) is 2.34. The van der Waals surface area contributed by atoms with E-state index in [2.05, 4.69) is 16.0 Å². The molecule has 0 fully saturated rings. The maximum absolute atomic E-state index is 8.46. The maximum Gasteiger partial charge on any atom is 0.143 e. The summed E-state index contributed by atoms with van der Waals surface area (Å²) in [4.78, 5) is 8.43. The summed E-state index contributed by atoms with van der Waals surface area (Å²) < 4.78 is 0. The van der Waals surface area contributed by atoms with Crippen LogP contribution in [-0.2, 0) is 6.42 Å². The van der Waals surface area contributed by atoms with Gasteiger partial charge in [-0.15, -0.1) is 22.7 Å². The largest absolute Gasteiger partial charge is 0.242 e. The normalized spacial score (nSPS) is 9.77. The monoisotopic (exact) mass is 207 g/mol. The van der Waals surface area contributed by atoms with Gasteiger partial charge in [-0.25, -0.2) is 9.97 Å². The van der Waals surface area contributed by atoms with Crippen LogP contribution in [-0.4, -0.2) is 9.97 Å². The zero-order valence-corrected chi connectivity index (χ0v) is 8.23. The molecule has 3 nitrogen and oxygen atoms in total. The van der Waals surface area contributed by atoms with Crippen molar-refractivity contribution >= 4 is 22.7 Å². The van der Waals surface area contributed by atoms with E-state index in [0.717, 1.165) is 16.4 Å². The Hall–Kier alpha value is -1.25. The lowest BCUT2D eigenvalue weighted by molar-refractivity contribution is 1.15. The van der Waals surface area contributed by atoms with Gasteiger partial charge in [-0.2, -0.15) is 5.26 Å². The van der Waals surface area contributed by atoms with E-state index in [-0.39, 0.29) is 0 Å². The van der Waals surface area contributed by atoms with Crippen molar-refractivity contribution in [1.29, 1.82) is 5.26 Å². The van der Waals surface area contributed by atoms with Gasteiger partial charge in [0, 0.05) is 10.8 Å². The summed E-state index contributed by atoms with van der Waals surface area (Å²) in [5.41, 5.74) is 3.51. The lowest BCUT2D eigenvalue weighted by atomic mass is 10.4. The molecule has 0 amide bonds. The van der Waals surface area contributed by atoms with Gasteiger partial charge >= 0.3 is 0 Å². The lowest BCUT2D eigenvalue weighted by Gasteiger charge is -1.85. The van der Waals surface area contributed by atoms with Crippen molar-refractivity contribution < 1.29 is 0 Å². The highest BCUT2D eigenvalue weighted by Gasteiger charge is 2.05. The zero-order valence-electron chi connectivity index (χ0n) is 6.60. The average Bonchev–Trinajstić information content (AvgIpc) is 2.70. The fourth-order valence-electron chi connectivity index (χ4n) is 0.905. The SMILES string of the molecule is N#CCc1csc(-c2cscn2)n1. The van der Waals surface area contributed by atoms with Crippen LogP contribution in [0.5, 0.6) is 0 Å². The number of nitriles is 1. The summed E-state index contributed by atoms with van der Waals surface area (Å²) in [7, 11) is 0. The Morgan fingerprint density at radius 3 is 3.08 bits per heavy atom. The van der Waals surface area contributed by atoms with Crippen molar-refractivity contribution in [2.24, 2.45) is 0 Å². The first-order chi connectivity index (χ1) is 6.40. The van der Waals surface area contributed by atoms with Crippen molar-refractivity contribution in [3.63, 3.8) is 0 Å². The molecular weight excluding hydrogens is 202 g/mol. The molecule has 13 heavy (non-hydrogen) atoms. The summed E-state index contributed by atoms with van der Waals surface area (Å²) in [5.74, 6) is 0. The minimum Gasteiger partial charge on any atom is -0.242 e. The third-order valence-electron chi connectivity index (χ3n) is 1.46. The van der Waals surface area contributed by atoms with Gasteiger partial charge in [-0.3, -0.25) is 0 Å². The molecule has 2 aromatic heterocycles. The van der Waals surface area contributed by atoms with E-state index < -0.39 is 0 Å². The number of nitrogens with zero attached hydrogens (tertiary/aromatic N) is 3. The van der Waals surface area contributed by atoms with Crippen molar-refractivity contribution in [3.8, 4) is 16.8 Å². The Bertz CT molecular complexity index is 424. The maximum atomic E-state index is 8.46. The number of hydrogen-bond donors (Lipinski definition) is 0. The standard InChI is InChI=1S/C8H5N3S2/c9-2-1-6-3-13-8(11-6)7-4-12-5-10-7/h3-5H,1H2. The summed E-state index contributed by atoms with van der Waals surface area (Å²) in [5, 5.41) is 13.2. The summed E-state index contributed by atoms with van der Waals surface area (Å²) in [6.45, 7) is 0. The second-order valence-electron chi connectivity index (χ2n) is 2.35. The van der Waals surface area contributed by atoms with Gasteiger partial charge in [0.25, 0.3) is 0 Å². The topological polar surface area (TPSA) is 49.6 Å². The molecule has 0 unspecified atom stereocenters. The molecule has 0 aromatic carbocycles. The van der Waals surface area contributed by atoms with Gasteiger partial charge in [0.05, 0.1) is 23.7 Å². The molecule has 0 N–H and O–H groups in total. The molecule has 0 aliphatic carbocycles. The Balaban J connectivity index is 2.29. The Labute approximate surface area is 83.3 Å². The van der Waals surface area contributed by atoms with Crippen LogP contribution in [0, 0.1) is 11.3 Å². The fraction of sp³-hybridized carbons (Fsp3) is 0.125. The molecular formula is C8H5N3S2. The number of thiazole rings is 2. The molecule has 0 saturated carbocycles. The van der Waals surface area contributed by atoms with Gasteiger partial charge in [0.1, 0.15) is 10.7 Å². The zero-order chi connectivity index (χ0) is 9.10. The highest BCUT2D eigenvalue weighted by molar-refractivity contribution is 7.13. The smallest absolute Gasteiger partial charge is 0.143 e. The number of rotatable bonds is 2. The van der Waals surface area contributed by atoms with Crippen LogP contribution in [0.4, 0.5) is 0 Å². The summed E-state index contributed by atoms with van der Waals surface area (Å²) in [6, 6.07) is 2.07. The fourth-order valence-corrected chi connectivity index (χ4v) is 2.30. The number of aromatic nitrogens is 2. The molecule has 2 aromatic rings. The molecule has 0 spiro atoms. The van der Waals surface area contributed by atoms with Crippen LogP contribution in [0.1, 0.15) is 5.69 Å². The first kappa shape index (κ1) is 8.35. The van der Waals surface area contributed by atoms with E-state index >= 15 is 0 Å². The molecule has 0 radical (unpaired) electrons. The van der Waals surface area contributed by atoms with Crippen LogP contribution < -0.4 is 0 Å². The molecule has 0 bridgehead atoms. The van der Waals surface area contributed by atoms with Crippen LogP contribution >= 0.6 is 22.7 Å². The molecule has 0 aliphatic heterocycles. The predicted molar refractivity (Wildman–Crippen MR) is 52.5 cm³/mol. The van der Waals surface area contributed by atoms with E-state index in [1.807, 2.05) is 10.8 Å². The highest BCUT2D eigenvalue weighted by Crippen LogP contribution is 2.23. The van der Waals surface area contributed by atoms with Crippen LogP contribution in [0.25, 0.3) is 10.7 Å². The lowest BCUT2D eigenvalue weighted by Crippen LogP contribution is -1.81. The first-order valence-electron chi connectivity index (χ1n) is 3.60.